The molecule has 0 bridgehead atoms. The summed E-state index contributed by atoms with van der Waals surface area (Å²) in [7, 11) is 0. The maximum absolute atomic E-state index is 14.0. The Kier molecular flexibility index (Phi) is 9.65. The van der Waals surface area contributed by atoms with Gasteiger partial charge in [-0.25, -0.2) is 14.0 Å². The smallest absolute Gasteiger partial charge is 0.326 e. The van der Waals surface area contributed by atoms with E-state index in [0.29, 0.717) is 34.1 Å². The number of hydrogen-bond acceptors (Lipinski definition) is 7. The number of anilines is 2. The topological polar surface area (TPSA) is 209 Å². The molecule has 0 aliphatic carbocycles. The van der Waals surface area contributed by atoms with Crippen LogP contribution in [-0.4, -0.2) is 50.1 Å². The quantitative estimate of drug-likeness (QED) is 0.126. The van der Waals surface area contributed by atoms with Crippen molar-refractivity contribution in [2.45, 2.75) is 25.4 Å². The highest BCUT2D eigenvalue weighted by Crippen LogP contribution is 2.27. The first kappa shape index (κ1) is 30.2. The lowest BCUT2D eigenvalue weighted by Crippen LogP contribution is -2.41. The first-order valence-electron chi connectivity index (χ1n) is 12.9. The molecule has 1 atom stereocenters. The maximum Gasteiger partial charge on any atom is 0.326 e. The van der Waals surface area contributed by atoms with E-state index < -0.39 is 42.2 Å². The maximum atomic E-state index is 14.0. The van der Waals surface area contributed by atoms with Gasteiger partial charge in [-0.2, -0.15) is 0 Å². The molecule has 0 fully saturated rings. The molecule has 4 rings (SSSR count). The van der Waals surface area contributed by atoms with E-state index >= 15 is 0 Å². The zero-order chi connectivity index (χ0) is 30.9. The predicted molar refractivity (Wildman–Crippen MR) is 153 cm³/mol. The Morgan fingerprint density at radius 2 is 1.74 bits per heavy atom. The molecular formula is C29H27FN6O7. The minimum atomic E-state index is -1.36. The van der Waals surface area contributed by atoms with Gasteiger partial charge < -0.3 is 41.6 Å². The summed E-state index contributed by atoms with van der Waals surface area (Å²) in [6, 6.07) is 13.3. The van der Waals surface area contributed by atoms with E-state index in [0.717, 1.165) is 0 Å². The average molecular weight is 591 g/mol. The van der Waals surface area contributed by atoms with Gasteiger partial charge in [0.1, 0.15) is 23.4 Å². The normalized spacial score (nSPS) is 11.3. The largest absolute Gasteiger partial charge is 0.481 e. The van der Waals surface area contributed by atoms with Crippen molar-refractivity contribution in [3.05, 3.63) is 90.0 Å². The minimum Gasteiger partial charge on any atom is -0.481 e. The molecule has 0 radical (unpaired) electrons. The fraction of sp³-hybridized carbons (Fsp3) is 0.138. The molecule has 0 spiro atoms. The van der Waals surface area contributed by atoms with Crippen molar-refractivity contribution in [1.29, 1.82) is 0 Å². The van der Waals surface area contributed by atoms with Crippen molar-refractivity contribution in [3.8, 4) is 22.9 Å². The number of carboxylic acids is 2. The van der Waals surface area contributed by atoms with Crippen molar-refractivity contribution in [2.24, 2.45) is 5.73 Å². The summed E-state index contributed by atoms with van der Waals surface area (Å²) in [5, 5.41) is 25.4. The summed E-state index contributed by atoms with van der Waals surface area (Å²) >= 11 is 0. The van der Waals surface area contributed by atoms with Crippen LogP contribution >= 0.6 is 0 Å². The number of aliphatic carboxylic acids is 2. The number of ether oxygens (including phenoxy) is 1. The highest BCUT2D eigenvalue weighted by molar-refractivity contribution is 6.00. The Labute approximate surface area is 243 Å². The van der Waals surface area contributed by atoms with Gasteiger partial charge in [0.15, 0.2) is 0 Å². The van der Waals surface area contributed by atoms with Crippen LogP contribution in [0, 0.1) is 5.82 Å². The third-order valence-corrected chi connectivity index (χ3v) is 6.07. The van der Waals surface area contributed by atoms with E-state index in [2.05, 4.69) is 25.9 Å². The predicted octanol–water partition coefficient (Wildman–Crippen LogP) is 4.16. The number of halogens is 1. The Hall–Kier alpha value is -5.76. The molecule has 2 aromatic carbocycles. The van der Waals surface area contributed by atoms with E-state index in [1.807, 2.05) is 0 Å². The van der Waals surface area contributed by atoms with Gasteiger partial charge in [-0.15, -0.1) is 0 Å². The lowest BCUT2D eigenvalue weighted by Gasteiger charge is -2.12. The van der Waals surface area contributed by atoms with Crippen molar-refractivity contribution in [3.63, 3.8) is 0 Å². The molecule has 0 saturated carbocycles. The van der Waals surface area contributed by atoms with Crippen LogP contribution in [0.15, 0.2) is 73.1 Å². The number of aromatic amines is 1. The van der Waals surface area contributed by atoms with Crippen LogP contribution in [0.25, 0.3) is 11.4 Å². The number of pyridine rings is 1. The van der Waals surface area contributed by atoms with Crippen molar-refractivity contribution >= 4 is 35.3 Å². The molecule has 14 heteroatoms. The number of urea groups is 1. The van der Waals surface area contributed by atoms with Gasteiger partial charge in [-0.1, -0.05) is 6.07 Å². The number of aromatic nitrogens is 2. The molecule has 2 heterocycles. The summed E-state index contributed by atoms with van der Waals surface area (Å²) in [5.74, 6) is -2.93. The van der Waals surface area contributed by atoms with E-state index in [9.17, 15) is 28.7 Å². The number of carboxylic acid groups (broad SMARTS) is 2. The third-order valence-electron chi connectivity index (χ3n) is 6.07. The molecule has 43 heavy (non-hydrogen) atoms. The number of carbonyl (C=O) groups excluding carboxylic acids is 2. The van der Waals surface area contributed by atoms with Crippen LogP contribution in [0.3, 0.4) is 0 Å². The molecule has 4 aromatic rings. The summed E-state index contributed by atoms with van der Waals surface area (Å²) in [6.07, 6.45) is 2.20. The van der Waals surface area contributed by atoms with Crippen molar-refractivity contribution in [2.75, 3.05) is 10.6 Å². The highest BCUT2D eigenvalue weighted by atomic mass is 19.1. The standard InChI is InChI=1S/C29H27FN6O7/c30-21-6-1-16(14-31)11-23(21)36-29(42)34-18-2-4-19(5-3-18)43-20-9-10-32-25(13-20)24-12-17(15-33-24)27(39)35-22(28(40)41)7-8-26(37)38/h1-6,9-13,15,22,33H,7-8,14,31H2,(H,35,39)(H,37,38)(H,40,41)(H2,34,36,42). The first-order chi connectivity index (χ1) is 20.6. The lowest BCUT2D eigenvalue weighted by atomic mass is 10.1. The van der Waals surface area contributed by atoms with Crippen LogP contribution in [-0.2, 0) is 16.1 Å². The monoisotopic (exact) mass is 590 g/mol. The van der Waals surface area contributed by atoms with E-state index in [1.165, 1.54) is 36.7 Å². The Bertz CT molecular complexity index is 1640. The number of nitrogens with zero attached hydrogens (tertiary/aromatic N) is 1. The van der Waals surface area contributed by atoms with Crippen LogP contribution < -0.4 is 26.4 Å². The molecule has 3 amide bonds. The lowest BCUT2D eigenvalue weighted by molar-refractivity contribution is -0.140. The molecule has 0 aliphatic heterocycles. The molecule has 8 N–H and O–H groups in total. The summed E-state index contributed by atoms with van der Waals surface area (Å²) in [5.41, 5.74) is 7.68. The number of carbonyl (C=O) groups is 4. The van der Waals surface area contributed by atoms with E-state index in [4.69, 9.17) is 15.6 Å². The Morgan fingerprint density at radius 3 is 2.44 bits per heavy atom. The Morgan fingerprint density at radius 1 is 0.977 bits per heavy atom. The number of amides is 3. The molecular weight excluding hydrogens is 563 g/mol. The Balaban J connectivity index is 1.36. The zero-order valence-electron chi connectivity index (χ0n) is 22.5. The molecule has 222 valence electrons. The molecule has 2 aromatic heterocycles. The second kappa shape index (κ2) is 13.7. The van der Waals surface area contributed by atoms with Crippen molar-refractivity contribution in [1.82, 2.24) is 15.3 Å². The van der Waals surface area contributed by atoms with Gasteiger partial charge in [0.25, 0.3) is 5.91 Å². The number of nitrogens with two attached hydrogens (primary N) is 1. The van der Waals surface area contributed by atoms with Crippen LogP contribution in [0.5, 0.6) is 11.5 Å². The fourth-order valence-electron chi connectivity index (χ4n) is 3.88. The van der Waals surface area contributed by atoms with Gasteiger partial charge in [0.05, 0.1) is 22.6 Å². The summed E-state index contributed by atoms with van der Waals surface area (Å²) < 4.78 is 19.9. The van der Waals surface area contributed by atoms with Gasteiger partial charge in [-0.05, 0) is 60.5 Å². The van der Waals surface area contributed by atoms with Gasteiger partial charge in [0, 0.05) is 37.1 Å². The first-order valence-corrected chi connectivity index (χ1v) is 12.9. The second-order valence-corrected chi connectivity index (χ2v) is 9.20. The average Bonchev–Trinajstić information content (AvgIpc) is 3.48. The van der Waals surface area contributed by atoms with Crippen molar-refractivity contribution < 1.29 is 38.5 Å². The van der Waals surface area contributed by atoms with E-state index in [-0.39, 0.29) is 24.2 Å². The number of nitrogens with one attached hydrogen (secondary N) is 4. The highest BCUT2D eigenvalue weighted by Gasteiger charge is 2.22. The summed E-state index contributed by atoms with van der Waals surface area (Å²) in [6.45, 7) is 0.201. The van der Waals surface area contributed by atoms with Gasteiger partial charge in [0.2, 0.25) is 0 Å². The number of rotatable bonds is 12. The molecule has 13 nitrogen and oxygen atoms in total. The van der Waals surface area contributed by atoms with Crippen LogP contribution in [0.1, 0.15) is 28.8 Å². The number of benzene rings is 2. The van der Waals surface area contributed by atoms with E-state index in [1.54, 1.807) is 36.4 Å². The van der Waals surface area contributed by atoms with Gasteiger partial charge >= 0.3 is 18.0 Å². The minimum absolute atomic E-state index is 0.00362. The third kappa shape index (κ3) is 8.37. The van der Waals surface area contributed by atoms with Crippen LogP contribution in [0.4, 0.5) is 20.6 Å². The number of H-pyrrole nitrogens is 1. The van der Waals surface area contributed by atoms with Crippen LogP contribution in [0.2, 0.25) is 0 Å². The fourth-order valence-corrected chi connectivity index (χ4v) is 3.88. The zero-order valence-corrected chi connectivity index (χ0v) is 22.5. The number of hydrogen-bond donors (Lipinski definition) is 7. The SMILES string of the molecule is NCc1ccc(F)c(NC(=O)Nc2ccc(Oc3ccnc(-c4cc(C(=O)NC(CCC(=O)O)C(=O)O)c[nH]4)c3)cc2)c1. The van der Waals surface area contributed by atoms with Gasteiger partial charge in [-0.3, -0.25) is 14.6 Å². The molecule has 1 unspecified atom stereocenters. The second-order valence-electron chi connectivity index (χ2n) is 9.20. The molecule has 0 aliphatic rings. The summed E-state index contributed by atoms with van der Waals surface area (Å²) in [4.78, 5) is 54.2. The molecule has 0 saturated heterocycles.